The van der Waals surface area contributed by atoms with Crippen LogP contribution < -0.4 is 9.46 Å². The Morgan fingerprint density at radius 1 is 1.15 bits per heavy atom. The predicted molar refractivity (Wildman–Crippen MR) is 123 cm³/mol. The maximum absolute atomic E-state index is 15.7. The van der Waals surface area contributed by atoms with Gasteiger partial charge in [0.25, 0.3) is 0 Å². The van der Waals surface area contributed by atoms with Crippen molar-refractivity contribution in [2.45, 2.75) is 31.6 Å². The lowest BCUT2D eigenvalue weighted by atomic mass is 9.93. The Morgan fingerprint density at radius 2 is 1.82 bits per heavy atom. The van der Waals surface area contributed by atoms with Crippen LogP contribution in [0.15, 0.2) is 42.5 Å². The molecular formula is C23H28F3N3O4S. The van der Waals surface area contributed by atoms with Gasteiger partial charge in [0.05, 0.1) is 18.6 Å². The minimum absolute atomic E-state index is 0.108. The molecule has 1 N–H and O–H groups in total. The SMILES string of the molecule is C[C@H](F)[C@H](NS(=O)(=O)CF)[C@@H]1Cc2cccc(c2F)-c2ccccc2OCCN(C)C(=O)N1C. The third-order valence-electron chi connectivity index (χ3n) is 5.86. The molecule has 3 rings (SSSR count). The van der Waals surface area contributed by atoms with Crippen LogP contribution in [0, 0.1) is 5.82 Å². The van der Waals surface area contributed by atoms with Crippen LogP contribution >= 0.6 is 0 Å². The molecule has 34 heavy (non-hydrogen) atoms. The molecule has 2 aromatic rings. The molecule has 0 radical (unpaired) electrons. The molecule has 0 saturated carbocycles. The summed E-state index contributed by atoms with van der Waals surface area (Å²) >= 11 is 0. The zero-order chi connectivity index (χ0) is 25.0. The summed E-state index contributed by atoms with van der Waals surface area (Å²) in [6, 6.07) is 6.61. The van der Waals surface area contributed by atoms with Crippen LogP contribution in [0.1, 0.15) is 12.5 Å². The highest BCUT2D eigenvalue weighted by molar-refractivity contribution is 7.89. The molecule has 2 amide bonds. The second kappa shape index (κ2) is 10.6. The molecule has 2 bridgehead atoms. The van der Waals surface area contributed by atoms with Crippen molar-refractivity contribution in [2.24, 2.45) is 0 Å². The Hall–Kier alpha value is -2.79. The Morgan fingerprint density at radius 3 is 2.50 bits per heavy atom. The Kier molecular flexibility index (Phi) is 8.09. The van der Waals surface area contributed by atoms with Crippen LogP contribution in [0.25, 0.3) is 11.1 Å². The third-order valence-corrected chi connectivity index (χ3v) is 6.78. The lowest BCUT2D eigenvalue weighted by Gasteiger charge is -2.37. The molecule has 0 saturated heterocycles. The van der Waals surface area contributed by atoms with Gasteiger partial charge in [0.1, 0.15) is 24.3 Å². The summed E-state index contributed by atoms with van der Waals surface area (Å²) in [7, 11) is -1.57. The van der Waals surface area contributed by atoms with Crippen LogP contribution in [-0.2, 0) is 16.4 Å². The highest BCUT2D eigenvalue weighted by Crippen LogP contribution is 2.34. The number of sulfonamides is 1. The highest BCUT2D eigenvalue weighted by atomic mass is 32.2. The second-order valence-corrected chi connectivity index (χ2v) is 9.94. The number of carbonyl (C=O) groups excluding carboxylic acids is 1. The number of halogens is 3. The summed E-state index contributed by atoms with van der Waals surface area (Å²) in [6.07, 6.45) is -2.02. The fraction of sp³-hybridized carbons (Fsp3) is 0.435. The van der Waals surface area contributed by atoms with Crippen LogP contribution in [-0.4, -0.2) is 75.8 Å². The molecule has 0 unspecified atom stereocenters. The van der Waals surface area contributed by atoms with Crippen molar-refractivity contribution in [3.05, 3.63) is 53.8 Å². The fourth-order valence-corrected chi connectivity index (χ4v) is 4.83. The minimum Gasteiger partial charge on any atom is -0.491 e. The molecule has 1 aliphatic heterocycles. The summed E-state index contributed by atoms with van der Waals surface area (Å²) in [4.78, 5) is 15.6. The zero-order valence-corrected chi connectivity index (χ0v) is 20.0. The van der Waals surface area contributed by atoms with E-state index in [0.717, 1.165) is 11.8 Å². The number of nitrogens with zero attached hydrogens (tertiary/aromatic N) is 2. The molecule has 3 atom stereocenters. The molecule has 1 heterocycles. The van der Waals surface area contributed by atoms with E-state index in [2.05, 4.69) is 0 Å². The van der Waals surface area contributed by atoms with Gasteiger partial charge in [-0.1, -0.05) is 36.4 Å². The summed E-state index contributed by atoms with van der Waals surface area (Å²) in [5.74, 6) is -0.162. The first kappa shape index (κ1) is 25.8. The summed E-state index contributed by atoms with van der Waals surface area (Å²) in [6.45, 7) is 1.37. The lowest BCUT2D eigenvalue weighted by molar-refractivity contribution is 0.123. The van der Waals surface area contributed by atoms with Gasteiger partial charge in [-0.25, -0.2) is 31.1 Å². The quantitative estimate of drug-likeness (QED) is 0.685. The van der Waals surface area contributed by atoms with Gasteiger partial charge in [-0.05, 0) is 25.0 Å². The number of benzene rings is 2. The number of rotatable bonds is 5. The van der Waals surface area contributed by atoms with Gasteiger partial charge >= 0.3 is 6.03 Å². The van der Waals surface area contributed by atoms with E-state index in [4.69, 9.17) is 4.74 Å². The van der Waals surface area contributed by atoms with E-state index in [1.54, 1.807) is 36.4 Å². The Labute approximate surface area is 197 Å². The van der Waals surface area contributed by atoms with Gasteiger partial charge in [-0.3, -0.25) is 0 Å². The number of para-hydroxylation sites is 1. The van der Waals surface area contributed by atoms with Crippen molar-refractivity contribution in [1.29, 1.82) is 0 Å². The largest absolute Gasteiger partial charge is 0.491 e. The van der Waals surface area contributed by atoms with Gasteiger partial charge < -0.3 is 14.5 Å². The van der Waals surface area contributed by atoms with Crippen LogP contribution in [0.5, 0.6) is 5.75 Å². The van der Waals surface area contributed by atoms with Crippen LogP contribution in [0.4, 0.5) is 18.0 Å². The van der Waals surface area contributed by atoms with Crippen molar-refractivity contribution in [2.75, 3.05) is 33.3 Å². The first-order valence-electron chi connectivity index (χ1n) is 10.7. The number of likely N-dealkylation sites (N-methyl/N-ethyl adjacent to an activating group) is 2. The summed E-state index contributed by atoms with van der Waals surface area (Å²) in [5.41, 5.74) is 0.903. The number of alkyl halides is 2. The first-order chi connectivity index (χ1) is 16.1. The highest BCUT2D eigenvalue weighted by Gasteiger charge is 2.37. The smallest absolute Gasteiger partial charge is 0.319 e. The molecule has 0 fully saturated rings. The average Bonchev–Trinajstić information content (AvgIpc) is 2.81. The maximum atomic E-state index is 15.7. The van der Waals surface area contributed by atoms with E-state index in [1.807, 2.05) is 4.72 Å². The maximum Gasteiger partial charge on any atom is 0.319 e. The van der Waals surface area contributed by atoms with Crippen LogP contribution in [0.3, 0.4) is 0 Å². The van der Waals surface area contributed by atoms with Gasteiger partial charge in [-0.15, -0.1) is 0 Å². The number of hydrogen-bond acceptors (Lipinski definition) is 4. The molecule has 0 aliphatic carbocycles. The van der Waals surface area contributed by atoms with Crippen LogP contribution in [0.2, 0.25) is 0 Å². The molecule has 11 heteroatoms. The molecule has 0 aromatic heterocycles. The van der Waals surface area contributed by atoms with E-state index >= 15 is 4.39 Å². The number of hydrogen-bond donors (Lipinski definition) is 1. The van der Waals surface area contributed by atoms with E-state index in [0.29, 0.717) is 11.3 Å². The number of ether oxygens (including phenoxy) is 1. The predicted octanol–water partition coefficient (Wildman–Crippen LogP) is 3.35. The molecule has 1 aliphatic rings. The number of carbonyl (C=O) groups is 1. The minimum atomic E-state index is -4.47. The topological polar surface area (TPSA) is 79.0 Å². The number of fused-ring (bicyclic) bond motifs is 4. The number of amides is 2. The van der Waals surface area contributed by atoms with Gasteiger partial charge in [-0.2, -0.15) is 0 Å². The van der Waals surface area contributed by atoms with Crippen molar-refractivity contribution >= 4 is 16.1 Å². The fourth-order valence-electron chi connectivity index (χ4n) is 4.01. The van der Waals surface area contributed by atoms with Gasteiger partial charge in [0, 0.05) is 25.2 Å². The van der Waals surface area contributed by atoms with Crippen molar-refractivity contribution < 1.29 is 31.1 Å². The van der Waals surface area contributed by atoms with E-state index in [1.165, 1.54) is 25.1 Å². The number of urea groups is 1. The molecule has 2 aromatic carbocycles. The molecule has 0 spiro atoms. The summed E-state index contributed by atoms with van der Waals surface area (Å²) < 4.78 is 75.2. The molecular weight excluding hydrogens is 471 g/mol. The van der Waals surface area contributed by atoms with Crippen molar-refractivity contribution in [3.63, 3.8) is 0 Å². The van der Waals surface area contributed by atoms with E-state index < -0.39 is 46.1 Å². The van der Waals surface area contributed by atoms with Crippen molar-refractivity contribution in [1.82, 2.24) is 14.5 Å². The standard InChI is InChI=1S/C23H28F3N3O4S/c1-15(25)22(27-34(31,32)14-24)19-13-16-7-6-9-18(21(16)26)17-8-4-5-10-20(17)33-12-11-28(2)23(30)29(19)3/h4-10,15,19,22,27H,11-14H2,1-3H3/t15-,19-,22-/m0/s1. The van der Waals surface area contributed by atoms with E-state index in [9.17, 15) is 22.0 Å². The summed E-state index contributed by atoms with van der Waals surface area (Å²) in [5, 5.41) is 0. The molecule has 186 valence electrons. The average molecular weight is 500 g/mol. The zero-order valence-electron chi connectivity index (χ0n) is 19.2. The Balaban J connectivity index is 2.15. The van der Waals surface area contributed by atoms with Gasteiger partial charge in [0.2, 0.25) is 16.0 Å². The monoisotopic (exact) mass is 499 g/mol. The Bertz CT molecular complexity index is 1130. The van der Waals surface area contributed by atoms with E-state index in [-0.39, 0.29) is 30.7 Å². The lowest BCUT2D eigenvalue weighted by Crippen LogP contribution is -2.58. The first-order valence-corrected chi connectivity index (χ1v) is 12.4. The molecule has 7 nitrogen and oxygen atoms in total. The van der Waals surface area contributed by atoms with Gasteiger partial charge in [0.15, 0.2) is 0 Å². The number of nitrogens with one attached hydrogen (secondary N) is 1. The van der Waals surface area contributed by atoms with Crippen molar-refractivity contribution in [3.8, 4) is 16.9 Å². The second-order valence-electron chi connectivity index (χ2n) is 8.25. The normalized spacial score (nSPS) is 19.2. The third kappa shape index (κ3) is 5.64.